The number of amides is 1. The molecule has 1 saturated heterocycles. The summed E-state index contributed by atoms with van der Waals surface area (Å²) in [4.78, 5) is 11.7. The Morgan fingerprint density at radius 3 is 2.67 bits per heavy atom. The van der Waals surface area contributed by atoms with Gasteiger partial charge in [-0.3, -0.25) is 10.0 Å². The van der Waals surface area contributed by atoms with Gasteiger partial charge in [-0.1, -0.05) is 5.92 Å². The van der Waals surface area contributed by atoms with Gasteiger partial charge in [0, 0.05) is 25.2 Å². The standard InChI is InChI=1S/C13H15N3O4S/c1-2-10-3-5-11(6-4-10)21(19,20)16-8-7-14-9-12(16)13(17)15-18/h1,3-6,12,14,18H,7-9H2,(H,15,17). The van der Waals surface area contributed by atoms with E-state index in [1.165, 1.54) is 29.7 Å². The number of nitrogens with one attached hydrogen (secondary N) is 2. The van der Waals surface area contributed by atoms with Gasteiger partial charge in [0.15, 0.2) is 0 Å². The average Bonchev–Trinajstić information content (AvgIpc) is 2.54. The lowest BCUT2D eigenvalue weighted by Gasteiger charge is -2.33. The van der Waals surface area contributed by atoms with E-state index in [2.05, 4.69) is 11.2 Å². The Morgan fingerprint density at radius 2 is 2.10 bits per heavy atom. The van der Waals surface area contributed by atoms with Crippen LogP contribution in [0.25, 0.3) is 0 Å². The molecule has 1 atom stereocenters. The Balaban J connectivity index is 2.35. The maximum atomic E-state index is 12.6. The molecule has 3 N–H and O–H groups in total. The Bertz CT molecular complexity index is 664. The van der Waals surface area contributed by atoms with E-state index in [4.69, 9.17) is 11.6 Å². The monoisotopic (exact) mass is 309 g/mol. The van der Waals surface area contributed by atoms with Gasteiger partial charge in [-0.2, -0.15) is 4.31 Å². The third kappa shape index (κ3) is 3.06. The summed E-state index contributed by atoms with van der Waals surface area (Å²) in [5, 5.41) is 11.7. The second-order valence-electron chi connectivity index (χ2n) is 4.48. The highest BCUT2D eigenvalue weighted by molar-refractivity contribution is 7.89. The van der Waals surface area contributed by atoms with Crippen molar-refractivity contribution in [3.8, 4) is 12.3 Å². The summed E-state index contributed by atoms with van der Waals surface area (Å²) in [5.41, 5.74) is 2.06. The van der Waals surface area contributed by atoms with Crippen LogP contribution in [-0.2, 0) is 14.8 Å². The van der Waals surface area contributed by atoms with Crippen molar-refractivity contribution in [2.24, 2.45) is 0 Å². The normalized spacial score (nSPS) is 19.7. The van der Waals surface area contributed by atoms with Gasteiger partial charge in [-0.25, -0.2) is 13.9 Å². The Kier molecular flexibility index (Phi) is 4.59. The molecular weight excluding hydrogens is 294 g/mol. The van der Waals surface area contributed by atoms with Crippen molar-refractivity contribution < 1.29 is 18.4 Å². The highest BCUT2D eigenvalue weighted by Crippen LogP contribution is 2.20. The van der Waals surface area contributed by atoms with Gasteiger partial charge in [0.25, 0.3) is 5.91 Å². The predicted octanol–water partition coefficient (Wildman–Crippen LogP) is -0.864. The fourth-order valence-electron chi connectivity index (χ4n) is 2.13. The van der Waals surface area contributed by atoms with Crippen molar-refractivity contribution in [2.75, 3.05) is 19.6 Å². The number of nitrogens with zero attached hydrogens (tertiary/aromatic N) is 1. The van der Waals surface area contributed by atoms with Crippen LogP contribution in [0.15, 0.2) is 29.2 Å². The highest BCUT2D eigenvalue weighted by atomic mass is 32.2. The predicted molar refractivity (Wildman–Crippen MR) is 74.9 cm³/mol. The number of carbonyl (C=O) groups excluding carboxylic acids is 1. The Labute approximate surface area is 123 Å². The molecule has 7 nitrogen and oxygen atoms in total. The van der Waals surface area contributed by atoms with Gasteiger partial charge in [0.1, 0.15) is 6.04 Å². The van der Waals surface area contributed by atoms with E-state index in [-0.39, 0.29) is 18.0 Å². The molecule has 0 bridgehead atoms. The number of hydrogen-bond acceptors (Lipinski definition) is 5. The summed E-state index contributed by atoms with van der Waals surface area (Å²) in [7, 11) is -3.84. The third-order valence-electron chi connectivity index (χ3n) is 3.23. The van der Waals surface area contributed by atoms with Crippen molar-refractivity contribution in [1.82, 2.24) is 15.1 Å². The maximum Gasteiger partial charge on any atom is 0.263 e. The molecule has 1 amide bonds. The number of hydroxylamine groups is 1. The quantitative estimate of drug-likeness (QED) is 0.383. The lowest BCUT2D eigenvalue weighted by atomic mass is 10.2. The minimum Gasteiger partial charge on any atom is -0.313 e. The molecule has 0 saturated carbocycles. The van der Waals surface area contributed by atoms with E-state index >= 15 is 0 Å². The molecular formula is C13H15N3O4S. The van der Waals surface area contributed by atoms with Crippen LogP contribution in [0.2, 0.25) is 0 Å². The molecule has 1 unspecified atom stereocenters. The topological polar surface area (TPSA) is 98.7 Å². The first-order chi connectivity index (χ1) is 10.0. The number of hydrogen-bond donors (Lipinski definition) is 3. The molecule has 112 valence electrons. The van der Waals surface area contributed by atoms with Crippen LogP contribution < -0.4 is 10.8 Å². The van der Waals surface area contributed by atoms with Crippen molar-refractivity contribution >= 4 is 15.9 Å². The molecule has 0 radical (unpaired) electrons. The molecule has 8 heteroatoms. The second kappa shape index (κ2) is 6.24. The van der Waals surface area contributed by atoms with Crippen LogP contribution in [0, 0.1) is 12.3 Å². The molecule has 0 aromatic heterocycles. The van der Waals surface area contributed by atoms with Crippen molar-refractivity contribution in [1.29, 1.82) is 0 Å². The van der Waals surface area contributed by atoms with E-state index in [0.717, 1.165) is 4.31 Å². The molecule has 0 spiro atoms. The lowest BCUT2D eigenvalue weighted by molar-refractivity contribution is -0.133. The summed E-state index contributed by atoms with van der Waals surface area (Å²) in [6.45, 7) is 0.697. The van der Waals surface area contributed by atoms with Crippen LogP contribution in [-0.4, -0.2) is 49.5 Å². The largest absolute Gasteiger partial charge is 0.313 e. The van der Waals surface area contributed by atoms with E-state index in [1.807, 2.05) is 0 Å². The number of sulfonamides is 1. The van der Waals surface area contributed by atoms with Crippen LogP contribution in [0.5, 0.6) is 0 Å². The first-order valence-corrected chi connectivity index (χ1v) is 7.68. The Hall–Kier alpha value is -1.92. The minimum absolute atomic E-state index is 0.0548. The van der Waals surface area contributed by atoms with Gasteiger partial charge in [0.05, 0.1) is 4.90 Å². The Morgan fingerprint density at radius 1 is 1.43 bits per heavy atom. The average molecular weight is 309 g/mol. The minimum atomic E-state index is -3.84. The molecule has 0 aliphatic carbocycles. The smallest absolute Gasteiger partial charge is 0.263 e. The van der Waals surface area contributed by atoms with Gasteiger partial charge >= 0.3 is 0 Å². The molecule has 1 aliphatic heterocycles. The first-order valence-electron chi connectivity index (χ1n) is 6.24. The van der Waals surface area contributed by atoms with E-state index in [9.17, 15) is 13.2 Å². The maximum absolute atomic E-state index is 12.6. The zero-order valence-electron chi connectivity index (χ0n) is 11.1. The van der Waals surface area contributed by atoms with Gasteiger partial charge in [0.2, 0.25) is 10.0 Å². The summed E-state index contributed by atoms with van der Waals surface area (Å²) in [6.07, 6.45) is 5.23. The first kappa shape index (κ1) is 15.5. The van der Waals surface area contributed by atoms with E-state index in [0.29, 0.717) is 12.1 Å². The highest BCUT2D eigenvalue weighted by Gasteiger charge is 2.37. The van der Waals surface area contributed by atoms with Crippen molar-refractivity contribution in [3.63, 3.8) is 0 Å². The second-order valence-corrected chi connectivity index (χ2v) is 6.37. The number of carbonyl (C=O) groups is 1. The van der Waals surface area contributed by atoms with E-state index < -0.39 is 22.0 Å². The summed E-state index contributed by atoms with van der Waals surface area (Å²) in [6, 6.07) is 4.86. The van der Waals surface area contributed by atoms with Crippen LogP contribution in [0.4, 0.5) is 0 Å². The molecule has 2 rings (SSSR count). The molecule has 1 fully saturated rings. The van der Waals surface area contributed by atoms with Crippen molar-refractivity contribution in [3.05, 3.63) is 29.8 Å². The zero-order chi connectivity index (χ0) is 15.5. The molecule has 1 aliphatic rings. The third-order valence-corrected chi connectivity index (χ3v) is 5.16. The number of piperazine rings is 1. The summed E-state index contributed by atoms with van der Waals surface area (Å²) >= 11 is 0. The van der Waals surface area contributed by atoms with Gasteiger partial charge in [-0.15, -0.1) is 6.42 Å². The molecule has 21 heavy (non-hydrogen) atoms. The van der Waals surface area contributed by atoms with Gasteiger partial charge < -0.3 is 5.32 Å². The van der Waals surface area contributed by atoms with Gasteiger partial charge in [-0.05, 0) is 24.3 Å². The van der Waals surface area contributed by atoms with Crippen LogP contribution in [0.1, 0.15) is 5.56 Å². The zero-order valence-corrected chi connectivity index (χ0v) is 11.9. The summed E-state index contributed by atoms with van der Waals surface area (Å²) < 4.78 is 26.3. The van der Waals surface area contributed by atoms with Crippen molar-refractivity contribution in [2.45, 2.75) is 10.9 Å². The number of rotatable bonds is 3. The molecule has 1 aromatic carbocycles. The fraction of sp³-hybridized carbons (Fsp3) is 0.308. The molecule has 1 aromatic rings. The number of terminal acetylenes is 1. The van der Waals surface area contributed by atoms with Crippen LogP contribution >= 0.6 is 0 Å². The summed E-state index contributed by atoms with van der Waals surface area (Å²) in [5.74, 6) is 1.63. The fourth-order valence-corrected chi connectivity index (χ4v) is 3.72. The number of benzene rings is 1. The SMILES string of the molecule is C#Cc1ccc(S(=O)(=O)N2CCNCC2C(=O)NO)cc1. The lowest BCUT2D eigenvalue weighted by Crippen LogP contribution is -2.59. The van der Waals surface area contributed by atoms with E-state index in [1.54, 1.807) is 0 Å². The molecule has 1 heterocycles. The van der Waals surface area contributed by atoms with Crippen LogP contribution in [0.3, 0.4) is 0 Å².